The second-order valence-corrected chi connectivity index (χ2v) is 11.6. The van der Waals surface area contributed by atoms with Crippen LogP contribution in [0, 0.1) is 0 Å². The monoisotopic (exact) mass is 477 g/mol. The van der Waals surface area contributed by atoms with Crippen LogP contribution in [0.4, 0.5) is 4.79 Å². The summed E-state index contributed by atoms with van der Waals surface area (Å²) in [6, 6.07) is -0.814. The van der Waals surface area contributed by atoms with Gasteiger partial charge in [0.05, 0.1) is 6.10 Å². The van der Waals surface area contributed by atoms with Gasteiger partial charge in [-0.15, -0.1) is 0 Å². The molecule has 1 amide bonds. The van der Waals surface area contributed by atoms with Crippen LogP contribution in [0.15, 0.2) is 0 Å². The Hall–Kier alpha value is -1.07. The van der Waals surface area contributed by atoms with Gasteiger partial charge in [-0.3, -0.25) is 0 Å². The summed E-state index contributed by atoms with van der Waals surface area (Å²) in [7, 11) is 1.58. The number of carbonyl (C=O) groups excluding carboxylic acids is 2. The van der Waals surface area contributed by atoms with Crippen molar-refractivity contribution < 1.29 is 38.0 Å². The number of hydrogen-bond donors (Lipinski definition) is 1. The fraction of sp³-hybridized carbons (Fsp3) is 0.909. The maximum absolute atomic E-state index is 12.6. The Morgan fingerprint density at radius 3 is 2.19 bits per heavy atom. The van der Waals surface area contributed by atoms with Crippen LogP contribution in [0.3, 0.4) is 0 Å². The summed E-state index contributed by atoms with van der Waals surface area (Å²) in [4.78, 5) is 24.9. The third-order valence-corrected chi connectivity index (χ3v) is 5.64. The number of rotatable bonds is 8. The van der Waals surface area contributed by atoms with E-state index in [4.69, 9.17) is 28.4 Å². The molecule has 0 aromatic carbocycles. The van der Waals surface area contributed by atoms with Crippen molar-refractivity contribution in [2.75, 3.05) is 18.6 Å². The highest BCUT2D eigenvalue weighted by molar-refractivity contribution is 7.99. The molecule has 0 bridgehead atoms. The first kappa shape index (κ1) is 27.2. The highest BCUT2D eigenvalue weighted by atomic mass is 32.2. The molecule has 5 atom stereocenters. The summed E-state index contributed by atoms with van der Waals surface area (Å²) in [6.45, 7) is 14.4. The third-order valence-electron chi connectivity index (χ3n) is 4.55. The summed E-state index contributed by atoms with van der Waals surface area (Å²) in [5.74, 6) is 0.0555. The molecule has 2 heterocycles. The molecule has 2 aliphatic rings. The van der Waals surface area contributed by atoms with Crippen LogP contribution in [0.5, 0.6) is 0 Å². The molecule has 2 saturated heterocycles. The number of amides is 1. The van der Waals surface area contributed by atoms with Crippen molar-refractivity contribution >= 4 is 23.8 Å². The molecule has 0 aromatic rings. The lowest BCUT2D eigenvalue weighted by Gasteiger charge is -2.26. The van der Waals surface area contributed by atoms with Crippen LogP contribution in [0.2, 0.25) is 0 Å². The van der Waals surface area contributed by atoms with Crippen molar-refractivity contribution in [3.63, 3.8) is 0 Å². The normalized spacial score (nSPS) is 28.2. The van der Waals surface area contributed by atoms with Crippen molar-refractivity contribution in [3.8, 4) is 0 Å². The van der Waals surface area contributed by atoms with Gasteiger partial charge in [-0.2, -0.15) is 11.8 Å². The Balaban J connectivity index is 1.90. The molecule has 1 N–H and O–H groups in total. The fourth-order valence-electron chi connectivity index (χ4n) is 3.44. The Morgan fingerprint density at radius 1 is 1.03 bits per heavy atom. The van der Waals surface area contributed by atoms with Crippen molar-refractivity contribution in [3.05, 3.63) is 0 Å². The molecular formula is C22H39NO8S. The van der Waals surface area contributed by atoms with Gasteiger partial charge in [-0.05, 0) is 67.6 Å². The predicted octanol–water partition coefficient (Wildman–Crippen LogP) is 3.24. The molecule has 186 valence electrons. The molecule has 0 spiro atoms. The van der Waals surface area contributed by atoms with E-state index in [0.717, 1.165) is 0 Å². The van der Waals surface area contributed by atoms with Gasteiger partial charge >= 0.3 is 12.1 Å². The van der Waals surface area contributed by atoms with Gasteiger partial charge in [-0.1, -0.05) is 0 Å². The van der Waals surface area contributed by atoms with Gasteiger partial charge < -0.3 is 33.7 Å². The second kappa shape index (κ2) is 10.5. The lowest BCUT2D eigenvalue weighted by Crippen LogP contribution is -2.46. The van der Waals surface area contributed by atoms with E-state index in [1.165, 1.54) is 0 Å². The van der Waals surface area contributed by atoms with E-state index < -0.39 is 41.4 Å². The average molecular weight is 478 g/mol. The number of thioether (sulfide) groups is 1. The molecule has 0 aromatic heterocycles. The number of nitrogens with one attached hydrogen (secondary N) is 1. The third kappa shape index (κ3) is 8.37. The second-order valence-electron chi connectivity index (χ2n) is 10.4. The summed E-state index contributed by atoms with van der Waals surface area (Å²) >= 11 is 1.60. The average Bonchev–Trinajstić information content (AvgIpc) is 3.07. The largest absolute Gasteiger partial charge is 0.458 e. The molecular weight excluding hydrogens is 438 g/mol. The van der Waals surface area contributed by atoms with Crippen molar-refractivity contribution in [1.82, 2.24) is 5.32 Å². The standard InChI is InChI=1S/C22H39NO8S/c1-20(2,3)30-17(24)13(23-19(25)31-21(4,5)6)10-11-32-12-14-15-16(18(26-9)27-14)29-22(7,8)28-15/h13-16,18H,10-12H2,1-9H3,(H,23,25)/t13?,14-,15-,16-,18-/m1/s1. The lowest BCUT2D eigenvalue weighted by atomic mass is 10.1. The fourth-order valence-corrected chi connectivity index (χ4v) is 4.51. The predicted molar refractivity (Wildman–Crippen MR) is 120 cm³/mol. The van der Waals surface area contributed by atoms with Gasteiger partial charge in [0, 0.05) is 12.9 Å². The minimum Gasteiger partial charge on any atom is -0.458 e. The number of alkyl carbamates (subject to hydrolysis) is 1. The molecule has 0 radical (unpaired) electrons. The molecule has 32 heavy (non-hydrogen) atoms. The molecule has 0 saturated carbocycles. The smallest absolute Gasteiger partial charge is 0.408 e. The molecule has 2 aliphatic heterocycles. The number of hydrogen-bond acceptors (Lipinski definition) is 9. The maximum atomic E-state index is 12.6. The molecule has 0 aliphatic carbocycles. The van der Waals surface area contributed by atoms with E-state index in [1.807, 2.05) is 13.8 Å². The van der Waals surface area contributed by atoms with E-state index in [2.05, 4.69) is 5.32 Å². The highest BCUT2D eigenvalue weighted by Gasteiger charge is 2.55. The van der Waals surface area contributed by atoms with Crippen molar-refractivity contribution in [1.29, 1.82) is 0 Å². The molecule has 10 heteroatoms. The quantitative estimate of drug-likeness (QED) is 0.417. The zero-order valence-electron chi connectivity index (χ0n) is 20.7. The van der Waals surface area contributed by atoms with Crippen molar-refractivity contribution in [2.45, 2.75) is 109 Å². The van der Waals surface area contributed by atoms with E-state index in [9.17, 15) is 9.59 Å². The van der Waals surface area contributed by atoms with Gasteiger partial charge in [0.2, 0.25) is 0 Å². The van der Waals surface area contributed by atoms with Crippen LogP contribution >= 0.6 is 11.8 Å². The van der Waals surface area contributed by atoms with Crippen LogP contribution in [0.25, 0.3) is 0 Å². The Kier molecular flexibility index (Phi) is 8.89. The zero-order chi connectivity index (χ0) is 24.3. The van der Waals surface area contributed by atoms with Crippen molar-refractivity contribution in [2.24, 2.45) is 0 Å². The van der Waals surface area contributed by atoms with E-state index in [-0.39, 0.29) is 18.3 Å². The Bertz CT molecular complexity index is 657. The Morgan fingerprint density at radius 2 is 1.62 bits per heavy atom. The molecule has 2 rings (SSSR count). The number of methoxy groups -OCH3 is 1. The minimum atomic E-state index is -0.814. The summed E-state index contributed by atoms with van der Waals surface area (Å²) in [5.41, 5.74) is -1.32. The van der Waals surface area contributed by atoms with Crippen LogP contribution < -0.4 is 5.32 Å². The number of carbonyl (C=O) groups is 2. The molecule has 2 fully saturated rings. The summed E-state index contributed by atoms with van der Waals surface area (Å²) in [5, 5.41) is 2.64. The zero-order valence-corrected chi connectivity index (χ0v) is 21.5. The SMILES string of the molecule is CO[C@@H]1O[C@H](CSCCC(NC(=O)OC(C)(C)C)C(=O)OC(C)(C)C)[C@H]2OC(C)(C)O[C@@H]12. The molecule has 9 nitrogen and oxygen atoms in total. The first-order valence-corrected chi connectivity index (χ1v) is 12.1. The first-order chi connectivity index (χ1) is 14.6. The van der Waals surface area contributed by atoms with Crippen LogP contribution in [0.1, 0.15) is 61.8 Å². The maximum Gasteiger partial charge on any atom is 0.408 e. The number of fused-ring (bicyclic) bond motifs is 1. The highest BCUT2D eigenvalue weighted by Crippen LogP contribution is 2.39. The summed E-state index contributed by atoms with van der Waals surface area (Å²) < 4.78 is 34.0. The van der Waals surface area contributed by atoms with E-state index >= 15 is 0 Å². The topological polar surface area (TPSA) is 102 Å². The van der Waals surface area contributed by atoms with Crippen LogP contribution in [-0.4, -0.2) is 78.3 Å². The number of ether oxygens (including phenoxy) is 6. The summed E-state index contributed by atoms with van der Waals surface area (Å²) in [6.07, 6.45) is -1.43. The molecule has 1 unspecified atom stereocenters. The number of esters is 1. The first-order valence-electron chi connectivity index (χ1n) is 10.9. The van der Waals surface area contributed by atoms with E-state index in [0.29, 0.717) is 17.9 Å². The van der Waals surface area contributed by atoms with Gasteiger partial charge in [0.15, 0.2) is 12.1 Å². The minimum absolute atomic E-state index is 0.199. The van der Waals surface area contributed by atoms with Gasteiger partial charge in [0.25, 0.3) is 0 Å². The van der Waals surface area contributed by atoms with E-state index in [1.54, 1.807) is 60.4 Å². The Labute approximate surface area is 195 Å². The van der Waals surface area contributed by atoms with Crippen LogP contribution in [-0.2, 0) is 33.2 Å². The van der Waals surface area contributed by atoms with Gasteiger partial charge in [0.1, 0.15) is 29.5 Å². The lowest BCUT2D eigenvalue weighted by molar-refractivity contribution is -0.224. The van der Waals surface area contributed by atoms with Gasteiger partial charge in [-0.25, -0.2) is 9.59 Å².